The van der Waals surface area contributed by atoms with Gasteiger partial charge in [0, 0.05) is 11.3 Å². The van der Waals surface area contributed by atoms with Gasteiger partial charge in [-0.25, -0.2) is 9.97 Å². The number of anilines is 4. The number of hydrazine groups is 1. The monoisotopic (exact) mass is 362 g/mol. The van der Waals surface area contributed by atoms with Crippen molar-refractivity contribution in [2.24, 2.45) is 0 Å². The van der Waals surface area contributed by atoms with E-state index >= 15 is 0 Å². The van der Waals surface area contributed by atoms with E-state index in [1.807, 2.05) is 49.4 Å². The Hall–Kier alpha value is -3.61. The van der Waals surface area contributed by atoms with Crippen LogP contribution in [0.4, 0.5) is 23.0 Å². The average molecular weight is 362 g/mol. The van der Waals surface area contributed by atoms with Gasteiger partial charge in [-0.05, 0) is 42.7 Å². The first-order valence-corrected chi connectivity index (χ1v) is 8.67. The van der Waals surface area contributed by atoms with Crippen LogP contribution >= 0.6 is 0 Å². The number of carbonyl (C=O) groups excluding carboxylic acids is 1. The SMILES string of the molecule is CCc1ccc(Nc2ncnc(NNC(=O)c3ccccc3C)c2N)cc1. The largest absolute Gasteiger partial charge is 0.393 e. The minimum Gasteiger partial charge on any atom is -0.393 e. The summed E-state index contributed by atoms with van der Waals surface area (Å²) in [5, 5.41) is 3.16. The van der Waals surface area contributed by atoms with Crippen LogP contribution in [-0.2, 0) is 6.42 Å². The van der Waals surface area contributed by atoms with Crippen LogP contribution in [0.15, 0.2) is 54.9 Å². The number of hydrogen-bond acceptors (Lipinski definition) is 6. The maximum atomic E-state index is 12.3. The third kappa shape index (κ3) is 4.33. The number of carbonyl (C=O) groups is 1. The van der Waals surface area contributed by atoms with E-state index in [4.69, 9.17) is 5.73 Å². The molecule has 3 aromatic rings. The van der Waals surface area contributed by atoms with E-state index in [0.29, 0.717) is 22.9 Å². The van der Waals surface area contributed by atoms with E-state index in [9.17, 15) is 4.79 Å². The van der Waals surface area contributed by atoms with Gasteiger partial charge in [0.25, 0.3) is 5.91 Å². The Kier molecular flexibility index (Phi) is 5.51. The van der Waals surface area contributed by atoms with Crippen LogP contribution in [0.2, 0.25) is 0 Å². The first kappa shape index (κ1) is 18.2. The second-order valence-electron chi connectivity index (χ2n) is 6.05. The zero-order chi connectivity index (χ0) is 19.2. The van der Waals surface area contributed by atoms with Gasteiger partial charge in [-0.15, -0.1) is 0 Å². The average Bonchev–Trinajstić information content (AvgIpc) is 2.69. The normalized spacial score (nSPS) is 10.3. The lowest BCUT2D eigenvalue weighted by atomic mass is 10.1. The van der Waals surface area contributed by atoms with Crippen molar-refractivity contribution in [3.05, 3.63) is 71.5 Å². The lowest BCUT2D eigenvalue weighted by molar-refractivity contribution is 0.0962. The van der Waals surface area contributed by atoms with E-state index in [1.165, 1.54) is 11.9 Å². The number of hydrogen-bond donors (Lipinski definition) is 4. The first-order chi connectivity index (χ1) is 13.1. The molecule has 3 rings (SSSR count). The fourth-order valence-electron chi connectivity index (χ4n) is 2.57. The van der Waals surface area contributed by atoms with E-state index in [-0.39, 0.29) is 5.91 Å². The molecule has 7 heteroatoms. The highest BCUT2D eigenvalue weighted by atomic mass is 16.2. The van der Waals surface area contributed by atoms with Gasteiger partial charge in [0.15, 0.2) is 11.6 Å². The van der Waals surface area contributed by atoms with Crippen LogP contribution in [0.5, 0.6) is 0 Å². The molecular formula is C20H22N6O. The molecule has 0 aliphatic carbocycles. The minimum absolute atomic E-state index is 0.268. The summed E-state index contributed by atoms with van der Waals surface area (Å²) in [5.74, 6) is 0.511. The van der Waals surface area contributed by atoms with Gasteiger partial charge in [0.05, 0.1) is 0 Å². The third-order valence-corrected chi connectivity index (χ3v) is 4.19. The van der Waals surface area contributed by atoms with Crippen LogP contribution < -0.4 is 21.9 Å². The smallest absolute Gasteiger partial charge is 0.269 e. The van der Waals surface area contributed by atoms with Crippen molar-refractivity contribution in [1.29, 1.82) is 0 Å². The Morgan fingerprint density at radius 2 is 1.74 bits per heavy atom. The number of nitrogens with two attached hydrogens (primary N) is 1. The van der Waals surface area contributed by atoms with E-state index in [0.717, 1.165) is 17.7 Å². The molecule has 0 saturated heterocycles. The van der Waals surface area contributed by atoms with Gasteiger partial charge >= 0.3 is 0 Å². The number of amides is 1. The maximum Gasteiger partial charge on any atom is 0.269 e. The van der Waals surface area contributed by atoms with Gasteiger partial charge in [0.2, 0.25) is 0 Å². The second kappa shape index (κ2) is 8.18. The zero-order valence-electron chi connectivity index (χ0n) is 15.3. The second-order valence-corrected chi connectivity index (χ2v) is 6.05. The van der Waals surface area contributed by atoms with Crippen LogP contribution in [-0.4, -0.2) is 15.9 Å². The molecule has 1 heterocycles. The molecule has 1 amide bonds. The molecule has 0 radical (unpaired) electrons. The molecule has 0 unspecified atom stereocenters. The molecule has 0 spiro atoms. The molecule has 2 aromatic carbocycles. The molecule has 5 N–H and O–H groups in total. The predicted octanol–water partition coefficient (Wildman–Crippen LogP) is 3.43. The summed E-state index contributed by atoms with van der Waals surface area (Å²) in [7, 11) is 0. The number of benzene rings is 2. The van der Waals surface area contributed by atoms with E-state index in [2.05, 4.69) is 33.1 Å². The van der Waals surface area contributed by atoms with Crippen molar-refractivity contribution in [2.75, 3.05) is 16.5 Å². The molecule has 0 aliphatic rings. The Labute approximate surface area is 158 Å². The Morgan fingerprint density at radius 1 is 1.04 bits per heavy atom. The van der Waals surface area contributed by atoms with Crippen molar-refractivity contribution < 1.29 is 4.79 Å². The van der Waals surface area contributed by atoms with E-state index in [1.54, 1.807) is 6.07 Å². The minimum atomic E-state index is -0.268. The van der Waals surface area contributed by atoms with Crippen molar-refractivity contribution >= 4 is 28.9 Å². The van der Waals surface area contributed by atoms with Crippen molar-refractivity contribution in [1.82, 2.24) is 15.4 Å². The van der Waals surface area contributed by atoms with Crippen molar-refractivity contribution in [2.45, 2.75) is 20.3 Å². The number of nitrogens with zero attached hydrogens (tertiary/aromatic N) is 2. The standard InChI is InChI=1S/C20H22N6O/c1-3-14-8-10-15(11-9-14)24-18-17(21)19(23-12-22-18)25-26-20(27)16-7-5-4-6-13(16)2/h4-12H,3,21H2,1-2H3,(H,26,27)(H2,22,23,24,25). The highest BCUT2D eigenvalue weighted by Gasteiger charge is 2.11. The Morgan fingerprint density at radius 3 is 2.44 bits per heavy atom. The molecule has 0 atom stereocenters. The summed E-state index contributed by atoms with van der Waals surface area (Å²) in [5.41, 5.74) is 15.4. The van der Waals surface area contributed by atoms with Crippen LogP contribution in [0, 0.1) is 6.92 Å². The van der Waals surface area contributed by atoms with Crippen LogP contribution in [0.25, 0.3) is 0 Å². The van der Waals surface area contributed by atoms with Gasteiger partial charge in [-0.1, -0.05) is 37.3 Å². The fraction of sp³-hybridized carbons (Fsp3) is 0.150. The Bertz CT molecular complexity index is 939. The fourth-order valence-corrected chi connectivity index (χ4v) is 2.57. The van der Waals surface area contributed by atoms with Gasteiger partial charge < -0.3 is 11.1 Å². The van der Waals surface area contributed by atoms with Crippen LogP contribution in [0.3, 0.4) is 0 Å². The summed E-state index contributed by atoms with van der Waals surface area (Å²) in [6.45, 7) is 3.98. The highest BCUT2D eigenvalue weighted by Crippen LogP contribution is 2.25. The molecule has 27 heavy (non-hydrogen) atoms. The molecule has 138 valence electrons. The number of nitrogens with one attached hydrogen (secondary N) is 3. The molecule has 0 aliphatic heterocycles. The highest BCUT2D eigenvalue weighted by molar-refractivity contribution is 5.96. The van der Waals surface area contributed by atoms with Gasteiger partial charge in [-0.3, -0.25) is 15.6 Å². The van der Waals surface area contributed by atoms with E-state index < -0.39 is 0 Å². The molecule has 1 aromatic heterocycles. The summed E-state index contributed by atoms with van der Waals surface area (Å²) in [6.07, 6.45) is 2.35. The summed E-state index contributed by atoms with van der Waals surface area (Å²) in [6, 6.07) is 15.3. The van der Waals surface area contributed by atoms with Gasteiger partial charge in [0.1, 0.15) is 12.0 Å². The van der Waals surface area contributed by atoms with Crippen LogP contribution in [0.1, 0.15) is 28.4 Å². The summed E-state index contributed by atoms with van der Waals surface area (Å²) in [4.78, 5) is 20.6. The topological polar surface area (TPSA) is 105 Å². The zero-order valence-corrected chi connectivity index (χ0v) is 15.3. The number of aryl methyl sites for hydroxylation is 2. The predicted molar refractivity (Wildman–Crippen MR) is 108 cm³/mol. The third-order valence-electron chi connectivity index (χ3n) is 4.19. The lowest BCUT2D eigenvalue weighted by Crippen LogP contribution is -2.30. The molecular weight excluding hydrogens is 340 g/mol. The Balaban J connectivity index is 1.71. The molecule has 0 bridgehead atoms. The molecule has 0 fully saturated rings. The molecule has 7 nitrogen and oxygen atoms in total. The lowest BCUT2D eigenvalue weighted by Gasteiger charge is -2.14. The molecule has 0 saturated carbocycles. The quantitative estimate of drug-likeness (QED) is 0.501. The summed E-state index contributed by atoms with van der Waals surface area (Å²) < 4.78 is 0. The van der Waals surface area contributed by atoms with Crippen molar-refractivity contribution in [3.63, 3.8) is 0 Å². The van der Waals surface area contributed by atoms with Gasteiger partial charge in [-0.2, -0.15) is 0 Å². The number of rotatable bonds is 6. The number of nitrogen functional groups attached to an aromatic ring is 1. The van der Waals surface area contributed by atoms with Crippen molar-refractivity contribution in [3.8, 4) is 0 Å². The summed E-state index contributed by atoms with van der Waals surface area (Å²) >= 11 is 0. The first-order valence-electron chi connectivity index (χ1n) is 8.67. The number of aromatic nitrogens is 2. The maximum absolute atomic E-state index is 12.3.